The van der Waals surface area contributed by atoms with Crippen LogP contribution in [0, 0.1) is 11.3 Å². The summed E-state index contributed by atoms with van der Waals surface area (Å²) in [5.41, 5.74) is 0.0921. The Labute approximate surface area is 235 Å². The summed E-state index contributed by atoms with van der Waals surface area (Å²) in [7, 11) is 1.56. The molecule has 2 atom stereocenters. The molecule has 0 spiro atoms. The highest BCUT2D eigenvalue weighted by Gasteiger charge is 2.45. The first kappa shape index (κ1) is 27.4. The van der Waals surface area contributed by atoms with Gasteiger partial charge in [0.2, 0.25) is 5.91 Å². The molecule has 2 heterocycles. The van der Waals surface area contributed by atoms with Crippen LogP contribution in [0.2, 0.25) is 0 Å². The molecule has 0 radical (unpaired) electrons. The number of hydrogen-bond acceptors (Lipinski definition) is 6. The number of aromatic nitrogens is 2. The smallest absolute Gasteiger partial charge is 0.335 e. The second-order valence-electron chi connectivity index (χ2n) is 10.4. The maximum atomic E-state index is 13.7. The van der Waals surface area contributed by atoms with Crippen molar-refractivity contribution in [2.75, 3.05) is 11.4 Å². The number of hydrogen-bond donors (Lipinski definition) is 2. The Kier molecular flexibility index (Phi) is 7.20. The minimum Gasteiger partial charge on any atom is -0.480 e. The molecule has 1 amide bonds. The molecular weight excluding hydrogens is 522 g/mol. The number of amides is 1. The van der Waals surface area contributed by atoms with Gasteiger partial charge in [0.05, 0.1) is 16.9 Å². The number of carbonyl (C=O) groups excluding carboxylic acids is 1. The Balaban J connectivity index is 1.48. The van der Waals surface area contributed by atoms with Gasteiger partial charge >= 0.3 is 11.7 Å². The van der Waals surface area contributed by atoms with Gasteiger partial charge < -0.3 is 19.9 Å². The predicted octanol–water partition coefficient (Wildman–Crippen LogP) is 2.73. The first-order chi connectivity index (χ1) is 19.7. The predicted molar refractivity (Wildman–Crippen MR) is 154 cm³/mol. The molecule has 41 heavy (non-hydrogen) atoms. The third-order valence-electron chi connectivity index (χ3n) is 7.86. The number of carboxylic acid groups (broad SMARTS) is 1. The molecule has 10 heteroatoms. The number of carboxylic acids is 1. The molecule has 0 unspecified atom stereocenters. The molecule has 4 aromatic rings. The number of anilines is 1. The fourth-order valence-corrected chi connectivity index (χ4v) is 5.64. The van der Waals surface area contributed by atoms with Crippen LogP contribution in [0.1, 0.15) is 30.9 Å². The van der Waals surface area contributed by atoms with E-state index in [4.69, 9.17) is 0 Å². The summed E-state index contributed by atoms with van der Waals surface area (Å²) in [5.74, 6) is -1.62. The molecule has 0 bridgehead atoms. The molecule has 1 aromatic heterocycles. The lowest BCUT2D eigenvalue weighted by atomic mass is 9.94. The van der Waals surface area contributed by atoms with E-state index in [0.29, 0.717) is 52.7 Å². The van der Waals surface area contributed by atoms with Gasteiger partial charge in [0, 0.05) is 37.7 Å². The Bertz CT molecular complexity index is 1840. The summed E-state index contributed by atoms with van der Waals surface area (Å²) < 4.78 is 2.39. The van der Waals surface area contributed by atoms with Crippen LogP contribution in [0.25, 0.3) is 16.5 Å². The molecule has 1 aliphatic heterocycles. The SMILES string of the molecule is Cn1ccc(=O)n(-c2cccc3c(C[C@H](NC(=O)[C@@]4(C)CCCN4c4ccccc4C#N)C(=O)O)cccc23)c1=O. The minimum absolute atomic E-state index is 0.0194. The molecule has 0 aliphatic carbocycles. The topological polar surface area (TPSA) is 137 Å². The average molecular weight is 552 g/mol. The second-order valence-corrected chi connectivity index (χ2v) is 10.4. The summed E-state index contributed by atoms with van der Waals surface area (Å²) >= 11 is 0. The summed E-state index contributed by atoms with van der Waals surface area (Å²) in [4.78, 5) is 53.4. The Morgan fingerprint density at radius 3 is 2.49 bits per heavy atom. The fraction of sp³-hybridized carbons (Fsp3) is 0.258. The normalized spacial score (nSPS) is 17.2. The number of aryl methyl sites for hydroxylation is 1. The van der Waals surface area contributed by atoms with Crippen LogP contribution in [0.5, 0.6) is 0 Å². The van der Waals surface area contributed by atoms with Crippen molar-refractivity contribution in [2.24, 2.45) is 7.05 Å². The molecule has 1 saturated heterocycles. The highest BCUT2D eigenvalue weighted by molar-refractivity contribution is 5.95. The molecule has 208 valence electrons. The summed E-state index contributed by atoms with van der Waals surface area (Å²) in [6, 6.07) is 19.7. The summed E-state index contributed by atoms with van der Waals surface area (Å²) in [6.45, 7) is 2.33. The summed E-state index contributed by atoms with van der Waals surface area (Å²) in [6.07, 6.45) is 2.60. The van der Waals surface area contributed by atoms with Crippen molar-refractivity contribution in [1.82, 2.24) is 14.5 Å². The number of benzene rings is 3. The van der Waals surface area contributed by atoms with Gasteiger partial charge in [0.25, 0.3) is 5.56 Å². The van der Waals surface area contributed by atoms with E-state index >= 15 is 0 Å². The molecule has 3 aromatic carbocycles. The second kappa shape index (κ2) is 10.8. The third-order valence-corrected chi connectivity index (χ3v) is 7.86. The van der Waals surface area contributed by atoms with Crippen molar-refractivity contribution < 1.29 is 14.7 Å². The highest BCUT2D eigenvalue weighted by atomic mass is 16.4. The zero-order valence-electron chi connectivity index (χ0n) is 22.7. The van der Waals surface area contributed by atoms with E-state index in [0.717, 1.165) is 4.57 Å². The zero-order valence-corrected chi connectivity index (χ0v) is 22.7. The standard InChI is InChI=1S/C31H29N5O5/c1-31(15-7-16-35(31)25-12-4-3-8-21(25)19-32)29(40)33-24(28(38)39)18-20-9-5-11-23-22(20)10-6-13-26(23)36-27(37)14-17-34(2)30(36)41/h3-6,8-14,17,24H,7,15-16,18H2,1-2H3,(H,33,40)(H,38,39)/t24-,31+/m0/s1. The van der Waals surface area contributed by atoms with Gasteiger partial charge in [-0.3, -0.25) is 9.59 Å². The van der Waals surface area contributed by atoms with E-state index in [1.807, 2.05) is 4.90 Å². The minimum atomic E-state index is -1.24. The fourth-order valence-electron chi connectivity index (χ4n) is 5.64. The van der Waals surface area contributed by atoms with Gasteiger partial charge in [0.15, 0.2) is 0 Å². The number of rotatable bonds is 7. The number of aliphatic carboxylic acids is 1. The summed E-state index contributed by atoms with van der Waals surface area (Å²) in [5, 5.41) is 23.7. The van der Waals surface area contributed by atoms with E-state index in [-0.39, 0.29) is 6.42 Å². The first-order valence-electron chi connectivity index (χ1n) is 13.3. The van der Waals surface area contributed by atoms with Crippen molar-refractivity contribution in [3.8, 4) is 11.8 Å². The Hall–Kier alpha value is -5.17. The lowest BCUT2D eigenvalue weighted by molar-refractivity contribution is -0.142. The highest BCUT2D eigenvalue weighted by Crippen LogP contribution is 2.36. The Morgan fingerprint density at radius 2 is 1.73 bits per heavy atom. The molecule has 2 N–H and O–H groups in total. The van der Waals surface area contributed by atoms with Crippen LogP contribution in [0.4, 0.5) is 5.69 Å². The van der Waals surface area contributed by atoms with Gasteiger partial charge in [-0.05, 0) is 48.9 Å². The largest absolute Gasteiger partial charge is 0.480 e. The van der Waals surface area contributed by atoms with Gasteiger partial charge in [-0.2, -0.15) is 5.26 Å². The zero-order chi connectivity index (χ0) is 29.3. The van der Waals surface area contributed by atoms with Crippen LogP contribution in [0.3, 0.4) is 0 Å². The van der Waals surface area contributed by atoms with Crippen LogP contribution in [-0.2, 0) is 23.1 Å². The van der Waals surface area contributed by atoms with E-state index in [9.17, 15) is 29.5 Å². The Morgan fingerprint density at radius 1 is 1.02 bits per heavy atom. The number of nitrogens with zero attached hydrogens (tertiary/aromatic N) is 4. The first-order valence-corrected chi connectivity index (χ1v) is 13.3. The number of fused-ring (bicyclic) bond motifs is 1. The van der Waals surface area contributed by atoms with Crippen LogP contribution >= 0.6 is 0 Å². The molecule has 0 saturated carbocycles. The van der Waals surface area contributed by atoms with Crippen molar-refractivity contribution in [3.63, 3.8) is 0 Å². The van der Waals surface area contributed by atoms with Crippen LogP contribution in [0.15, 0.2) is 82.5 Å². The number of nitriles is 1. The van der Waals surface area contributed by atoms with Crippen molar-refractivity contribution in [2.45, 2.75) is 37.8 Å². The molecule has 10 nitrogen and oxygen atoms in total. The van der Waals surface area contributed by atoms with Crippen LogP contribution in [-0.4, -0.2) is 44.2 Å². The lowest BCUT2D eigenvalue weighted by Gasteiger charge is -2.37. The average Bonchev–Trinajstić information content (AvgIpc) is 3.37. The van der Waals surface area contributed by atoms with E-state index in [2.05, 4.69) is 11.4 Å². The number of nitrogens with one attached hydrogen (secondary N) is 1. The monoisotopic (exact) mass is 551 g/mol. The van der Waals surface area contributed by atoms with Gasteiger partial charge in [0.1, 0.15) is 17.6 Å². The molecule has 1 aliphatic rings. The van der Waals surface area contributed by atoms with E-state index in [1.165, 1.54) is 16.8 Å². The van der Waals surface area contributed by atoms with Gasteiger partial charge in [-0.15, -0.1) is 0 Å². The quantitative estimate of drug-likeness (QED) is 0.360. The van der Waals surface area contributed by atoms with Crippen LogP contribution < -0.4 is 21.5 Å². The van der Waals surface area contributed by atoms with Gasteiger partial charge in [-0.1, -0.05) is 42.5 Å². The van der Waals surface area contributed by atoms with Crippen molar-refractivity contribution >= 4 is 28.3 Å². The molecule has 1 fully saturated rings. The van der Waals surface area contributed by atoms with Gasteiger partial charge in [-0.25, -0.2) is 14.2 Å². The van der Waals surface area contributed by atoms with Crippen molar-refractivity contribution in [1.29, 1.82) is 5.26 Å². The number of para-hydroxylation sites is 1. The maximum Gasteiger partial charge on any atom is 0.335 e. The van der Waals surface area contributed by atoms with Crippen molar-refractivity contribution in [3.05, 3.63) is 105 Å². The van der Waals surface area contributed by atoms with E-state index in [1.54, 1.807) is 74.6 Å². The number of carbonyl (C=O) groups is 2. The maximum absolute atomic E-state index is 13.7. The molecular formula is C31H29N5O5. The lowest BCUT2D eigenvalue weighted by Crippen LogP contribution is -2.57. The third kappa shape index (κ3) is 4.87. The van der Waals surface area contributed by atoms with E-state index < -0.39 is 34.7 Å². The molecule has 5 rings (SSSR count).